The summed E-state index contributed by atoms with van der Waals surface area (Å²) in [6, 6.07) is 15.8. The van der Waals surface area contributed by atoms with E-state index in [1.165, 1.54) is 0 Å². The summed E-state index contributed by atoms with van der Waals surface area (Å²) < 4.78 is 4.59. The van der Waals surface area contributed by atoms with E-state index in [0.717, 1.165) is 41.6 Å². The molecule has 4 nitrogen and oxygen atoms in total. The number of nitriles is 1. The zero-order valence-electron chi connectivity index (χ0n) is 16.6. The molecule has 3 aromatic rings. The fraction of sp³-hybridized carbons (Fsp3) is 0.130. The Morgan fingerprint density at radius 3 is 2.20 bits per heavy atom. The van der Waals surface area contributed by atoms with Crippen molar-refractivity contribution in [1.29, 1.82) is 5.26 Å². The van der Waals surface area contributed by atoms with E-state index < -0.39 is 5.91 Å². The van der Waals surface area contributed by atoms with Crippen LogP contribution in [0.1, 0.15) is 22.5 Å². The summed E-state index contributed by atoms with van der Waals surface area (Å²) in [5, 5.41) is 12.4. The molecule has 2 aromatic carbocycles. The number of amides is 1. The van der Waals surface area contributed by atoms with Gasteiger partial charge in [0.2, 0.25) is 0 Å². The predicted octanol–water partition coefficient (Wildman–Crippen LogP) is 7.24. The van der Waals surface area contributed by atoms with Crippen molar-refractivity contribution in [1.82, 2.24) is 4.57 Å². The molecule has 0 bridgehead atoms. The van der Waals surface area contributed by atoms with Gasteiger partial charge < -0.3 is 9.88 Å². The number of aryl methyl sites for hydroxylation is 2. The van der Waals surface area contributed by atoms with Crippen molar-refractivity contribution in [3.8, 4) is 11.8 Å². The van der Waals surface area contributed by atoms with Gasteiger partial charge in [0.15, 0.2) is 0 Å². The van der Waals surface area contributed by atoms with Crippen LogP contribution in [0.4, 0.5) is 5.69 Å². The molecule has 0 saturated heterocycles. The first kappa shape index (κ1) is 22.5. The maximum absolute atomic E-state index is 12.8. The van der Waals surface area contributed by atoms with Gasteiger partial charge in [0.05, 0.1) is 5.69 Å². The van der Waals surface area contributed by atoms with Crippen LogP contribution < -0.4 is 5.32 Å². The van der Waals surface area contributed by atoms with Crippen LogP contribution in [-0.2, 0) is 4.79 Å². The van der Waals surface area contributed by atoms with E-state index in [9.17, 15) is 10.1 Å². The lowest BCUT2D eigenvalue weighted by Crippen LogP contribution is -2.14. The van der Waals surface area contributed by atoms with E-state index in [-0.39, 0.29) is 5.57 Å². The van der Waals surface area contributed by atoms with Gasteiger partial charge in [0, 0.05) is 30.5 Å². The standard InChI is InChI=1S/C23H18Br3N3O/c1-13-8-20(25)22(21(26)9-13)28-23(30)17(12-27)11-16-10-14(2)29(15(16)3)19-6-4-18(24)5-7-19/h4-11H,1-3H3,(H,28,30)/b17-11+. The molecule has 7 heteroatoms. The number of halogens is 3. The molecule has 1 aromatic heterocycles. The van der Waals surface area contributed by atoms with Gasteiger partial charge in [-0.05, 0) is 112 Å². The Bertz CT molecular complexity index is 1180. The first-order chi connectivity index (χ1) is 14.2. The first-order valence-electron chi connectivity index (χ1n) is 9.05. The number of anilines is 1. The van der Waals surface area contributed by atoms with Crippen molar-refractivity contribution in [2.24, 2.45) is 0 Å². The number of benzene rings is 2. The molecular weight excluding hydrogens is 574 g/mol. The van der Waals surface area contributed by atoms with Crippen LogP contribution >= 0.6 is 47.8 Å². The second-order valence-electron chi connectivity index (χ2n) is 6.87. The van der Waals surface area contributed by atoms with Crippen LogP contribution in [0.3, 0.4) is 0 Å². The van der Waals surface area contributed by atoms with Crippen LogP contribution in [-0.4, -0.2) is 10.5 Å². The molecule has 0 aliphatic heterocycles. The number of carbonyl (C=O) groups is 1. The van der Waals surface area contributed by atoms with Gasteiger partial charge in [-0.2, -0.15) is 5.26 Å². The summed E-state index contributed by atoms with van der Waals surface area (Å²) in [7, 11) is 0. The quantitative estimate of drug-likeness (QED) is 0.257. The summed E-state index contributed by atoms with van der Waals surface area (Å²) in [6.07, 6.45) is 1.63. The van der Waals surface area contributed by atoms with Crippen molar-refractivity contribution in [3.63, 3.8) is 0 Å². The smallest absolute Gasteiger partial charge is 0.266 e. The van der Waals surface area contributed by atoms with Crippen LogP contribution in [0.5, 0.6) is 0 Å². The second-order valence-corrected chi connectivity index (χ2v) is 9.49. The van der Waals surface area contributed by atoms with Crippen molar-refractivity contribution < 1.29 is 4.79 Å². The van der Waals surface area contributed by atoms with Gasteiger partial charge >= 0.3 is 0 Å². The third-order valence-electron chi connectivity index (χ3n) is 4.64. The average molecular weight is 592 g/mol. The number of rotatable bonds is 4. The molecule has 0 fully saturated rings. The molecule has 3 rings (SSSR count). The number of aromatic nitrogens is 1. The Morgan fingerprint density at radius 2 is 1.63 bits per heavy atom. The Labute approximate surface area is 201 Å². The highest BCUT2D eigenvalue weighted by Gasteiger charge is 2.16. The van der Waals surface area contributed by atoms with Crippen LogP contribution in [0, 0.1) is 32.1 Å². The van der Waals surface area contributed by atoms with E-state index >= 15 is 0 Å². The summed E-state index contributed by atoms with van der Waals surface area (Å²) >= 11 is 10.4. The fourth-order valence-corrected chi connectivity index (χ4v) is 5.10. The molecule has 0 saturated carbocycles. The third-order valence-corrected chi connectivity index (χ3v) is 6.42. The fourth-order valence-electron chi connectivity index (χ4n) is 3.23. The highest BCUT2D eigenvalue weighted by molar-refractivity contribution is 9.11. The summed E-state index contributed by atoms with van der Waals surface area (Å²) in [5.74, 6) is -0.462. The van der Waals surface area contributed by atoms with Crippen molar-refractivity contribution in [2.45, 2.75) is 20.8 Å². The van der Waals surface area contributed by atoms with Crippen molar-refractivity contribution >= 4 is 65.5 Å². The van der Waals surface area contributed by atoms with E-state index in [2.05, 4.69) is 57.7 Å². The van der Waals surface area contributed by atoms with Gasteiger partial charge in [-0.25, -0.2) is 0 Å². The summed E-state index contributed by atoms with van der Waals surface area (Å²) in [4.78, 5) is 12.8. The monoisotopic (exact) mass is 589 g/mol. The Morgan fingerprint density at radius 1 is 1.03 bits per heavy atom. The van der Waals surface area contributed by atoms with Crippen LogP contribution in [0.2, 0.25) is 0 Å². The van der Waals surface area contributed by atoms with Crippen molar-refractivity contribution in [3.05, 3.63) is 84.0 Å². The largest absolute Gasteiger partial charge is 0.319 e. The minimum Gasteiger partial charge on any atom is -0.319 e. The highest BCUT2D eigenvalue weighted by Crippen LogP contribution is 2.33. The topological polar surface area (TPSA) is 57.8 Å². The van der Waals surface area contributed by atoms with E-state index in [0.29, 0.717) is 5.69 Å². The number of nitrogens with zero attached hydrogens (tertiary/aromatic N) is 2. The summed E-state index contributed by atoms with van der Waals surface area (Å²) in [6.45, 7) is 5.93. The average Bonchev–Trinajstić information content (AvgIpc) is 2.96. The van der Waals surface area contributed by atoms with E-state index in [1.54, 1.807) is 6.08 Å². The minimum absolute atomic E-state index is 0.0328. The van der Waals surface area contributed by atoms with Gasteiger partial charge in [0.1, 0.15) is 11.6 Å². The van der Waals surface area contributed by atoms with Gasteiger partial charge in [-0.3, -0.25) is 4.79 Å². The molecule has 0 radical (unpaired) electrons. The van der Waals surface area contributed by atoms with E-state index in [1.807, 2.05) is 69.3 Å². The number of nitrogens with one attached hydrogen (secondary N) is 1. The SMILES string of the molecule is Cc1cc(Br)c(NC(=O)/C(C#N)=C/c2cc(C)n(-c3ccc(Br)cc3)c2C)c(Br)c1. The molecule has 0 aliphatic rings. The maximum atomic E-state index is 12.8. The van der Waals surface area contributed by atoms with Gasteiger partial charge in [-0.1, -0.05) is 15.9 Å². The molecule has 152 valence electrons. The predicted molar refractivity (Wildman–Crippen MR) is 132 cm³/mol. The summed E-state index contributed by atoms with van der Waals surface area (Å²) in [5.41, 5.74) is 5.48. The van der Waals surface area contributed by atoms with Gasteiger partial charge in [0.25, 0.3) is 5.91 Å². The first-order valence-corrected chi connectivity index (χ1v) is 11.4. The number of hydrogen-bond donors (Lipinski definition) is 1. The number of hydrogen-bond acceptors (Lipinski definition) is 2. The molecule has 1 amide bonds. The zero-order chi connectivity index (χ0) is 22.0. The lowest BCUT2D eigenvalue weighted by molar-refractivity contribution is -0.112. The second kappa shape index (κ2) is 9.34. The Balaban J connectivity index is 1.95. The zero-order valence-corrected chi connectivity index (χ0v) is 21.3. The molecule has 0 spiro atoms. The molecule has 0 unspecified atom stereocenters. The molecule has 0 aliphatic carbocycles. The van der Waals surface area contributed by atoms with Crippen molar-refractivity contribution in [2.75, 3.05) is 5.32 Å². The lowest BCUT2D eigenvalue weighted by atomic mass is 10.1. The maximum Gasteiger partial charge on any atom is 0.266 e. The Kier molecular flexibility index (Phi) is 7.02. The molecule has 30 heavy (non-hydrogen) atoms. The van der Waals surface area contributed by atoms with E-state index in [4.69, 9.17) is 0 Å². The van der Waals surface area contributed by atoms with Gasteiger partial charge in [-0.15, -0.1) is 0 Å². The third kappa shape index (κ3) is 4.77. The lowest BCUT2D eigenvalue weighted by Gasteiger charge is -2.11. The molecule has 0 atom stereocenters. The normalized spacial score (nSPS) is 11.3. The Hall–Kier alpha value is -2.14. The van der Waals surface area contributed by atoms with Crippen LogP contribution in [0.15, 0.2) is 61.5 Å². The minimum atomic E-state index is -0.462. The molecular formula is C23H18Br3N3O. The highest BCUT2D eigenvalue weighted by atomic mass is 79.9. The van der Waals surface area contributed by atoms with Crippen LogP contribution in [0.25, 0.3) is 11.8 Å². The number of carbonyl (C=O) groups excluding carboxylic acids is 1. The molecule has 1 heterocycles. The molecule has 1 N–H and O–H groups in total.